The molecule has 0 spiro atoms. The number of hydrogen-bond donors (Lipinski definition) is 0. The van der Waals surface area contributed by atoms with Gasteiger partial charge in [-0.15, -0.1) is 0 Å². The lowest BCUT2D eigenvalue weighted by Gasteiger charge is -2.14. The summed E-state index contributed by atoms with van der Waals surface area (Å²) in [5.41, 5.74) is -0.361. The second-order valence-electron chi connectivity index (χ2n) is 7.51. The fourth-order valence-corrected chi connectivity index (χ4v) is 3.39. The molecule has 3 aromatic carbocycles. The second-order valence-corrected chi connectivity index (χ2v) is 7.94. The van der Waals surface area contributed by atoms with Crippen LogP contribution in [0.25, 0.3) is 11.0 Å². The largest absolute Gasteiger partial charge is 0.489 e. The van der Waals surface area contributed by atoms with Crippen molar-refractivity contribution in [3.63, 3.8) is 0 Å². The van der Waals surface area contributed by atoms with E-state index >= 15 is 0 Å². The highest BCUT2D eigenvalue weighted by Crippen LogP contribution is 2.38. The Hall–Kier alpha value is -3.98. The van der Waals surface area contributed by atoms with E-state index in [1.165, 1.54) is 42.5 Å². The van der Waals surface area contributed by atoms with Gasteiger partial charge in [-0.25, -0.2) is 4.79 Å². The minimum Gasteiger partial charge on any atom is -0.489 e. The average Bonchev–Trinajstić information content (AvgIpc) is 2.85. The zero-order chi connectivity index (χ0) is 25.9. The summed E-state index contributed by atoms with van der Waals surface area (Å²) in [5, 5.41) is 0.430. The van der Waals surface area contributed by atoms with Crippen LogP contribution in [0.3, 0.4) is 0 Å². The molecule has 0 saturated heterocycles. The minimum absolute atomic E-state index is 0.0943. The van der Waals surface area contributed by atoms with Crippen molar-refractivity contribution in [1.29, 1.82) is 0 Å². The number of fused-ring (bicyclic) bond motifs is 1. The van der Waals surface area contributed by atoms with Crippen LogP contribution < -0.4 is 14.9 Å². The topological polar surface area (TPSA) is 75.0 Å². The third kappa shape index (κ3) is 5.63. The number of carbonyl (C=O) groups excluding carboxylic acids is 1. The number of ether oxygens (including phenoxy) is 3. The molecular formula is C26H18ClF3O6. The fraction of sp³-hybridized carbons (Fsp3) is 0.154. The van der Waals surface area contributed by atoms with Crippen LogP contribution in [-0.4, -0.2) is 12.6 Å². The van der Waals surface area contributed by atoms with Crippen LogP contribution in [0.1, 0.15) is 28.6 Å². The van der Waals surface area contributed by atoms with Crippen LogP contribution in [0.15, 0.2) is 75.9 Å². The summed E-state index contributed by atoms with van der Waals surface area (Å²) in [6, 6.07) is 15.9. The lowest BCUT2D eigenvalue weighted by atomic mass is 10.2. The number of esters is 1. The fourth-order valence-electron chi connectivity index (χ4n) is 3.26. The Morgan fingerprint density at radius 1 is 0.972 bits per heavy atom. The van der Waals surface area contributed by atoms with Crippen molar-refractivity contribution in [2.45, 2.75) is 19.7 Å². The lowest BCUT2D eigenvalue weighted by molar-refractivity contribution is -0.154. The molecule has 1 heterocycles. The van der Waals surface area contributed by atoms with Crippen LogP contribution in [0.4, 0.5) is 13.2 Å². The predicted molar refractivity (Wildman–Crippen MR) is 126 cm³/mol. The predicted octanol–water partition coefficient (Wildman–Crippen LogP) is 7.01. The second kappa shape index (κ2) is 10.3. The summed E-state index contributed by atoms with van der Waals surface area (Å²) in [6.07, 6.45) is -5.02. The molecule has 0 atom stereocenters. The summed E-state index contributed by atoms with van der Waals surface area (Å²) in [7, 11) is 0. The van der Waals surface area contributed by atoms with Crippen LogP contribution >= 0.6 is 11.6 Å². The van der Waals surface area contributed by atoms with E-state index in [0.717, 1.165) is 5.56 Å². The van der Waals surface area contributed by atoms with Crippen molar-refractivity contribution in [2.75, 3.05) is 6.61 Å². The Morgan fingerprint density at radius 3 is 2.28 bits per heavy atom. The molecule has 0 saturated carbocycles. The van der Waals surface area contributed by atoms with Gasteiger partial charge < -0.3 is 18.6 Å². The van der Waals surface area contributed by atoms with Gasteiger partial charge >= 0.3 is 12.1 Å². The van der Waals surface area contributed by atoms with E-state index in [4.69, 9.17) is 30.2 Å². The Kier molecular flexibility index (Phi) is 7.21. The monoisotopic (exact) mass is 518 g/mol. The number of hydrogen-bond acceptors (Lipinski definition) is 6. The smallest absolute Gasteiger partial charge is 0.453 e. The molecule has 4 rings (SSSR count). The van der Waals surface area contributed by atoms with Crippen molar-refractivity contribution in [3.8, 4) is 17.2 Å². The third-order valence-corrected chi connectivity index (χ3v) is 5.24. The van der Waals surface area contributed by atoms with E-state index in [-0.39, 0.29) is 41.2 Å². The number of carbonyl (C=O) groups is 1. The molecule has 0 aliphatic carbocycles. The van der Waals surface area contributed by atoms with E-state index < -0.39 is 29.1 Å². The third-order valence-electron chi connectivity index (χ3n) is 4.98. The lowest BCUT2D eigenvalue weighted by Crippen LogP contribution is -2.15. The Labute approximate surface area is 207 Å². The Morgan fingerprint density at radius 2 is 1.64 bits per heavy atom. The van der Waals surface area contributed by atoms with Crippen molar-refractivity contribution in [1.82, 2.24) is 0 Å². The van der Waals surface area contributed by atoms with Gasteiger partial charge in [0.1, 0.15) is 23.7 Å². The summed E-state index contributed by atoms with van der Waals surface area (Å²) < 4.78 is 62.3. The van der Waals surface area contributed by atoms with E-state index in [1.807, 2.05) is 0 Å². The maximum absolute atomic E-state index is 13.8. The van der Waals surface area contributed by atoms with Gasteiger partial charge in [0.2, 0.25) is 11.2 Å². The minimum atomic E-state index is -5.02. The highest BCUT2D eigenvalue weighted by molar-refractivity contribution is 6.30. The van der Waals surface area contributed by atoms with Gasteiger partial charge in [0.25, 0.3) is 5.76 Å². The van der Waals surface area contributed by atoms with Gasteiger partial charge in [-0.3, -0.25) is 4.79 Å². The number of halogens is 4. The van der Waals surface area contributed by atoms with Gasteiger partial charge in [-0.2, -0.15) is 13.2 Å². The first-order valence-corrected chi connectivity index (χ1v) is 11.0. The molecule has 36 heavy (non-hydrogen) atoms. The summed E-state index contributed by atoms with van der Waals surface area (Å²) in [5.74, 6) is -3.10. The maximum atomic E-state index is 13.8. The average molecular weight is 519 g/mol. The molecule has 186 valence electrons. The van der Waals surface area contributed by atoms with E-state index in [2.05, 4.69) is 0 Å². The molecule has 0 amide bonds. The van der Waals surface area contributed by atoms with Crippen molar-refractivity contribution < 1.29 is 36.6 Å². The SMILES string of the molecule is CCOC(=O)c1ccc(Oc2c(C(F)(F)F)oc3cc(OCc4ccc(Cl)cc4)ccc3c2=O)cc1. The van der Waals surface area contributed by atoms with Gasteiger partial charge in [0, 0.05) is 11.1 Å². The summed E-state index contributed by atoms with van der Waals surface area (Å²) >= 11 is 5.85. The summed E-state index contributed by atoms with van der Waals surface area (Å²) in [6.45, 7) is 1.93. The van der Waals surface area contributed by atoms with E-state index in [9.17, 15) is 22.8 Å². The van der Waals surface area contributed by atoms with E-state index in [1.54, 1.807) is 31.2 Å². The van der Waals surface area contributed by atoms with Crippen LogP contribution in [0, 0.1) is 0 Å². The molecule has 0 radical (unpaired) electrons. The van der Waals surface area contributed by atoms with Crippen LogP contribution in [0.2, 0.25) is 5.02 Å². The van der Waals surface area contributed by atoms with Gasteiger partial charge in [-0.05, 0) is 61.0 Å². The first kappa shape index (κ1) is 25.1. The van der Waals surface area contributed by atoms with Crippen molar-refractivity contribution >= 4 is 28.5 Å². The molecule has 0 fully saturated rings. The number of rotatable bonds is 7. The van der Waals surface area contributed by atoms with Gasteiger partial charge in [0.05, 0.1) is 17.6 Å². The first-order valence-electron chi connectivity index (χ1n) is 10.7. The molecule has 10 heteroatoms. The number of benzene rings is 3. The Balaban J connectivity index is 1.65. The standard InChI is InChI=1S/C26H18ClF3O6/c1-2-33-25(32)16-5-9-18(10-6-16)35-23-22(31)20-12-11-19(13-21(20)36-24(23)26(28,29)30)34-14-15-3-7-17(27)8-4-15/h3-13H,2,14H2,1H3. The zero-order valence-corrected chi connectivity index (χ0v) is 19.5. The quantitative estimate of drug-likeness (QED) is 0.245. The van der Waals surface area contributed by atoms with Crippen LogP contribution in [-0.2, 0) is 17.5 Å². The molecule has 4 aromatic rings. The first-order chi connectivity index (χ1) is 17.2. The number of alkyl halides is 3. The molecule has 0 unspecified atom stereocenters. The van der Waals surface area contributed by atoms with E-state index in [0.29, 0.717) is 5.02 Å². The van der Waals surface area contributed by atoms with Crippen molar-refractivity contribution in [2.24, 2.45) is 0 Å². The van der Waals surface area contributed by atoms with Gasteiger partial charge in [0.15, 0.2) is 0 Å². The normalized spacial score (nSPS) is 11.4. The van der Waals surface area contributed by atoms with Crippen molar-refractivity contribution in [3.05, 3.63) is 98.9 Å². The van der Waals surface area contributed by atoms with Gasteiger partial charge in [-0.1, -0.05) is 23.7 Å². The molecule has 6 nitrogen and oxygen atoms in total. The molecular weight excluding hydrogens is 501 g/mol. The Bertz CT molecular complexity index is 1440. The highest BCUT2D eigenvalue weighted by atomic mass is 35.5. The van der Waals surface area contributed by atoms with Crippen LogP contribution in [0.5, 0.6) is 17.2 Å². The molecule has 0 bridgehead atoms. The molecule has 0 N–H and O–H groups in total. The summed E-state index contributed by atoms with van der Waals surface area (Å²) in [4.78, 5) is 24.7. The maximum Gasteiger partial charge on any atom is 0.453 e. The highest BCUT2D eigenvalue weighted by Gasteiger charge is 2.40. The zero-order valence-electron chi connectivity index (χ0n) is 18.7. The molecule has 0 aliphatic rings. The molecule has 0 aliphatic heterocycles. The molecule has 1 aromatic heterocycles.